The maximum Gasteiger partial charge on any atom is 0.255 e. The molecule has 2 rings (SSSR count). The molecule has 1 saturated carbocycles. The van der Waals surface area contributed by atoms with E-state index in [0.29, 0.717) is 11.7 Å². The van der Waals surface area contributed by atoms with Crippen molar-refractivity contribution in [3.8, 4) is 0 Å². The van der Waals surface area contributed by atoms with Gasteiger partial charge in [0.2, 0.25) is 0 Å². The molecule has 1 aromatic heterocycles. The summed E-state index contributed by atoms with van der Waals surface area (Å²) in [6.45, 7) is 7.61. The van der Waals surface area contributed by atoms with Gasteiger partial charge in [0.1, 0.15) is 0 Å². The van der Waals surface area contributed by atoms with Crippen LogP contribution >= 0.6 is 0 Å². The van der Waals surface area contributed by atoms with Gasteiger partial charge < -0.3 is 15.4 Å². The van der Waals surface area contributed by atoms with E-state index in [4.69, 9.17) is 4.74 Å². The van der Waals surface area contributed by atoms with Crippen LogP contribution in [0.2, 0.25) is 0 Å². The number of carbonyl (C=O) groups is 1. The number of amides is 1. The van der Waals surface area contributed by atoms with Crippen LogP contribution in [0.3, 0.4) is 0 Å². The van der Waals surface area contributed by atoms with Crippen LogP contribution in [0.5, 0.6) is 0 Å². The highest BCUT2D eigenvalue weighted by Crippen LogP contribution is 2.24. The number of hydrogen-bond donors (Lipinski definition) is 2. The van der Waals surface area contributed by atoms with Crippen molar-refractivity contribution in [3.63, 3.8) is 0 Å². The van der Waals surface area contributed by atoms with Crippen LogP contribution in [0.25, 0.3) is 0 Å². The summed E-state index contributed by atoms with van der Waals surface area (Å²) in [7, 11) is 0. The van der Waals surface area contributed by atoms with Crippen molar-refractivity contribution in [2.24, 2.45) is 0 Å². The third-order valence-electron chi connectivity index (χ3n) is 3.68. The zero-order chi connectivity index (χ0) is 15.2. The van der Waals surface area contributed by atoms with Crippen molar-refractivity contribution < 1.29 is 9.53 Å². The summed E-state index contributed by atoms with van der Waals surface area (Å²) in [6.07, 6.45) is 4.77. The standard InChI is InChI=1S/C16H25N3O2/c1-4-6-17-15-7-11(3)18-10-14(15)16(20)19-12-8-13(9-12)21-5-2/h7,10,12-13H,4-6,8-9H2,1-3H3,(H,17,18)(H,19,20). The fourth-order valence-electron chi connectivity index (χ4n) is 2.47. The molecular formula is C16H25N3O2. The molecule has 5 heteroatoms. The lowest BCUT2D eigenvalue weighted by Crippen LogP contribution is -2.47. The van der Waals surface area contributed by atoms with Gasteiger partial charge in [-0.05, 0) is 39.2 Å². The molecule has 0 radical (unpaired) electrons. The molecule has 1 aromatic rings. The zero-order valence-electron chi connectivity index (χ0n) is 13.1. The first kappa shape index (κ1) is 15.8. The number of anilines is 1. The Balaban J connectivity index is 1.95. The van der Waals surface area contributed by atoms with E-state index in [1.54, 1.807) is 6.20 Å². The minimum Gasteiger partial charge on any atom is -0.384 e. The number of nitrogens with zero attached hydrogens (tertiary/aromatic N) is 1. The number of carbonyl (C=O) groups excluding carboxylic acids is 1. The van der Waals surface area contributed by atoms with E-state index in [1.165, 1.54) is 0 Å². The Labute approximate surface area is 126 Å². The first-order valence-electron chi connectivity index (χ1n) is 7.77. The van der Waals surface area contributed by atoms with Gasteiger partial charge in [0.15, 0.2) is 0 Å². The molecule has 1 amide bonds. The number of ether oxygens (including phenoxy) is 1. The normalized spacial score (nSPS) is 20.7. The molecule has 0 aliphatic heterocycles. The summed E-state index contributed by atoms with van der Waals surface area (Å²) in [5.41, 5.74) is 2.39. The Morgan fingerprint density at radius 1 is 1.43 bits per heavy atom. The van der Waals surface area contributed by atoms with Crippen LogP contribution in [0, 0.1) is 6.92 Å². The van der Waals surface area contributed by atoms with E-state index in [9.17, 15) is 4.79 Å². The Hall–Kier alpha value is -1.62. The maximum absolute atomic E-state index is 12.4. The monoisotopic (exact) mass is 291 g/mol. The van der Waals surface area contributed by atoms with Crippen LogP contribution in [0.15, 0.2) is 12.3 Å². The second kappa shape index (κ2) is 7.41. The average molecular weight is 291 g/mol. The molecule has 1 fully saturated rings. The first-order chi connectivity index (χ1) is 10.1. The van der Waals surface area contributed by atoms with Crippen LogP contribution in [-0.2, 0) is 4.74 Å². The molecule has 1 aliphatic carbocycles. The first-order valence-corrected chi connectivity index (χ1v) is 7.77. The minimum atomic E-state index is -0.0546. The number of pyridine rings is 1. The van der Waals surface area contributed by atoms with Crippen molar-refractivity contribution in [2.45, 2.75) is 52.2 Å². The third kappa shape index (κ3) is 4.17. The van der Waals surface area contributed by atoms with Gasteiger partial charge in [0.05, 0.1) is 17.4 Å². The number of aromatic nitrogens is 1. The molecular weight excluding hydrogens is 266 g/mol. The van der Waals surface area contributed by atoms with Gasteiger partial charge in [-0.1, -0.05) is 6.92 Å². The molecule has 0 unspecified atom stereocenters. The largest absolute Gasteiger partial charge is 0.384 e. The van der Waals surface area contributed by atoms with Crippen molar-refractivity contribution in [2.75, 3.05) is 18.5 Å². The molecule has 116 valence electrons. The fraction of sp³-hybridized carbons (Fsp3) is 0.625. The number of nitrogens with one attached hydrogen (secondary N) is 2. The second-order valence-corrected chi connectivity index (χ2v) is 5.52. The zero-order valence-corrected chi connectivity index (χ0v) is 13.1. The van der Waals surface area contributed by atoms with Crippen LogP contribution < -0.4 is 10.6 Å². The molecule has 0 saturated heterocycles. The van der Waals surface area contributed by atoms with E-state index >= 15 is 0 Å². The van der Waals surface area contributed by atoms with E-state index in [1.807, 2.05) is 19.9 Å². The molecule has 2 N–H and O–H groups in total. The van der Waals surface area contributed by atoms with Gasteiger partial charge in [-0.3, -0.25) is 9.78 Å². The Kier molecular flexibility index (Phi) is 5.56. The second-order valence-electron chi connectivity index (χ2n) is 5.52. The molecule has 0 bridgehead atoms. The lowest BCUT2D eigenvalue weighted by Gasteiger charge is -2.35. The number of rotatable bonds is 7. The van der Waals surface area contributed by atoms with Gasteiger partial charge in [0.25, 0.3) is 5.91 Å². The smallest absolute Gasteiger partial charge is 0.255 e. The van der Waals surface area contributed by atoms with Gasteiger partial charge >= 0.3 is 0 Å². The van der Waals surface area contributed by atoms with Gasteiger partial charge in [0, 0.05) is 31.1 Å². The predicted octanol–water partition coefficient (Wildman–Crippen LogP) is 2.51. The van der Waals surface area contributed by atoms with Gasteiger partial charge in [-0.2, -0.15) is 0 Å². The van der Waals surface area contributed by atoms with Gasteiger partial charge in [-0.15, -0.1) is 0 Å². The fourth-order valence-corrected chi connectivity index (χ4v) is 2.47. The van der Waals surface area contributed by atoms with Crippen molar-refractivity contribution in [3.05, 3.63) is 23.5 Å². The van der Waals surface area contributed by atoms with Crippen LogP contribution in [0.1, 0.15) is 49.2 Å². The van der Waals surface area contributed by atoms with Crippen LogP contribution in [0.4, 0.5) is 5.69 Å². The minimum absolute atomic E-state index is 0.0546. The predicted molar refractivity (Wildman–Crippen MR) is 83.7 cm³/mol. The highest BCUT2D eigenvalue weighted by atomic mass is 16.5. The quantitative estimate of drug-likeness (QED) is 0.810. The third-order valence-corrected chi connectivity index (χ3v) is 3.68. The lowest BCUT2D eigenvalue weighted by molar-refractivity contribution is -0.00862. The number of aryl methyl sites for hydroxylation is 1. The van der Waals surface area contributed by atoms with Crippen LogP contribution in [-0.4, -0.2) is 36.2 Å². The summed E-state index contributed by atoms with van der Waals surface area (Å²) in [5.74, 6) is -0.0546. The summed E-state index contributed by atoms with van der Waals surface area (Å²) < 4.78 is 5.51. The highest BCUT2D eigenvalue weighted by molar-refractivity contribution is 5.99. The summed E-state index contributed by atoms with van der Waals surface area (Å²) in [6, 6.07) is 2.14. The maximum atomic E-state index is 12.4. The Morgan fingerprint density at radius 2 is 2.19 bits per heavy atom. The Bertz CT molecular complexity index is 484. The molecule has 0 spiro atoms. The number of hydrogen-bond acceptors (Lipinski definition) is 4. The lowest BCUT2D eigenvalue weighted by atomic mass is 9.89. The van der Waals surface area contributed by atoms with E-state index in [0.717, 1.165) is 43.8 Å². The summed E-state index contributed by atoms with van der Waals surface area (Å²) in [4.78, 5) is 16.6. The average Bonchev–Trinajstić information content (AvgIpc) is 2.42. The summed E-state index contributed by atoms with van der Waals surface area (Å²) in [5, 5.41) is 6.36. The van der Waals surface area contributed by atoms with E-state index < -0.39 is 0 Å². The Morgan fingerprint density at radius 3 is 2.86 bits per heavy atom. The molecule has 0 atom stereocenters. The molecule has 5 nitrogen and oxygen atoms in total. The van der Waals surface area contributed by atoms with Gasteiger partial charge in [-0.25, -0.2) is 0 Å². The SMILES string of the molecule is CCCNc1cc(C)ncc1C(=O)NC1CC(OCC)C1. The van der Waals surface area contributed by atoms with E-state index in [-0.39, 0.29) is 11.9 Å². The molecule has 1 heterocycles. The van der Waals surface area contributed by atoms with Crippen molar-refractivity contribution >= 4 is 11.6 Å². The summed E-state index contributed by atoms with van der Waals surface area (Å²) >= 11 is 0. The van der Waals surface area contributed by atoms with E-state index in [2.05, 4.69) is 22.5 Å². The van der Waals surface area contributed by atoms with Crippen molar-refractivity contribution in [1.82, 2.24) is 10.3 Å². The molecule has 21 heavy (non-hydrogen) atoms. The highest BCUT2D eigenvalue weighted by Gasteiger charge is 2.31. The molecule has 0 aromatic carbocycles. The molecule has 1 aliphatic rings. The van der Waals surface area contributed by atoms with Crippen molar-refractivity contribution in [1.29, 1.82) is 0 Å². The topological polar surface area (TPSA) is 63.2 Å².